The summed E-state index contributed by atoms with van der Waals surface area (Å²) < 4.78 is 27.4. The predicted molar refractivity (Wildman–Crippen MR) is 127 cm³/mol. The van der Waals surface area contributed by atoms with Crippen LogP contribution in [0.4, 0.5) is 0 Å². The molecular weight excluding hydrogens is 444 g/mol. The molecule has 1 amide bonds. The van der Waals surface area contributed by atoms with E-state index < -0.39 is 10.0 Å². The highest BCUT2D eigenvalue weighted by atomic mass is 35.5. The average molecular weight is 475 g/mol. The van der Waals surface area contributed by atoms with Gasteiger partial charge >= 0.3 is 0 Å². The van der Waals surface area contributed by atoms with Crippen LogP contribution in [0.15, 0.2) is 53.4 Å². The number of piperidine rings is 1. The van der Waals surface area contributed by atoms with Crippen LogP contribution >= 0.6 is 11.6 Å². The minimum absolute atomic E-state index is 0.123. The van der Waals surface area contributed by atoms with Crippen molar-refractivity contribution < 1.29 is 13.2 Å². The summed E-state index contributed by atoms with van der Waals surface area (Å²) in [5.74, 6) is 0.533. The van der Waals surface area contributed by atoms with Gasteiger partial charge in [-0.1, -0.05) is 49.7 Å². The molecule has 0 unspecified atom stereocenters. The average Bonchev–Trinajstić information content (AvgIpc) is 3.63. The first-order chi connectivity index (χ1) is 15.3. The maximum atomic E-state index is 13.4. The van der Waals surface area contributed by atoms with E-state index in [0.717, 1.165) is 18.4 Å². The Kier molecular flexibility index (Phi) is 6.94. The lowest BCUT2D eigenvalue weighted by molar-refractivity contribution is -0.138. The Morgan fingerprint density at radius 3 is 2.12 bits per heavy atom. The number of sulfonamides is 1. The topological polar surface area (TPSA) is 57.7 Å². The van der Waals surface area contributed by atoms with E-state index in [1.54, 1.807) is 12.1 Å². The van der Waals surface area contributed by atoms with E-state index in [1.165, 1.54) is 22.0 Å². The van der Waals surface area contributed by atoms with E-state index >= 15 is 0 Å². The molecular formula is C25H31ClN2O3S. The fourth-order valence-corrected chi connectivity index (χ4v) is 5.91. The quantitative estimate of drug-likeness (QED) is 0.563. The molecule has 0 N–H and O–H groups in total. The molecule has 0 aromatic heterocycles. The Labute approximate surface area is 196 Å². The third-order valence-corrected chi connectivity index (χ3v) is 8.69. The molecule has 4 rings (SSSR count). The summed E-state index contributed by atoms with van der Waals surface area (Å²) in [7, 11) is -3.56. The van der Waals surface area contributed by atoms with Gasteiger partial charge in [0, 0.05) is 36.6 Å². The highest BCUT2D eigenvalue weighted by molar-refractivity contribution is 7.89. The molecule has 0 atom stereocenters. The second kappa shape index (κ2) is 9.54. The van der Waals surface area contributed by atoms with Crippen molar-refractivity contribution in [3.8, 4) is 0 Å². The van der Waals surface area contributed by atoms with Crippen LogP contribution in [0.5, 0.6) is 0 Å². The summed E-state index contributed by atoms with van der Waals surface area (Å²) >= 11 is 5.89. The molecule has 5 nitrogen and oxygen atoms in total. The molecule has 2 aliphatic rings. The van der Waals surface area contributed by atoms with Gasteiger partial charge in [0.1, 0.15) is 0 Å². The van der Waals surface area contributed by atoms with Gasteiger partial charge in [-0.3, -0.25) is 4.79 Å². The number of hydrogen-bond donors (Lipinski definition) is 0. The SMILES string of the molecule is CC(C)c1ccc(CN(C(=O)C2CCN(S(=O)(=O)c3ccc(Cl)cc3)CC2)C2CC2)cc1. The van der Waals surface area contributed by atoms with Gasteiger partial charge in [0.25, 0.3) is 0 Å². The molecule has 32 heavy (non-hydrogen) atoms. The Bertz CT molecular complexity index is 1040. The van der Waals surface area contributed by atoms with E-state index in [1.807, 2.05) is 4.90 Å². The van der Waals surface area contributed by atoms with E-state index in [9.17, 15) is 13.2 Å². The fourth-order valence-electron chi connectivity index (χ4n) is 4.31. The normalized spacial score (nSPS) is 18.1. The highest BCUT2D eigenvalue weighted by Crippen LogP contribution is 2.33. The van der Waals surface area contributed by atoms with Crippen molar-refractivity contribution in [1.29, 1.82) is 0 Å². The number of carbonyl (C=O) groups excluding carboxylic acids is 1. The van der Waals surface area contributed by atoms with Gasteiger partial charge in [-0.05, 0) is 67.0 Å². The molecule has 172 valence electrons. The number of nitrogens with zero attached hydrogens (tertiary/aromatic N) is 2. The van der Waals surface area contributed by atoms with Crippen LogP contribution in [0.1, 0.15) is 56.6 Å². The molecule has 1 saturated carbocycles. The van der Waals surface area contributed by atoms with Crippen LogP contribution < -0.4 is 0 Å². The summed E-state index contributed by atoms with van der Waals surface area (Å²) in [5.41, 5.74) is 2.45. The van der Waals surface area contributed by atoms with Crippen LogP contribution in [-0.2, 0) is 21.4 Å². The van der Waals surface area contributed by atoms with Crippen LogP contribution in [0.25, 0.3) is 0 Å². The molecule has 1 saturated heterocycles. The lowest BCUT2D eigenvalue weighted by Gasteiger charge is -2.34. The van der Waals surface area contributed by atoms with Gasteiger partial charge in [0.15, 0.2) is 0 Å². The fraction of sp³-hybridized carbons (Fsp3) is 0.480. The zero-order valence-corrected chi connectivity index (χ0v) is 20.3. The minimum atomic E-state index is -3.56. The molecule has 1 aliphatic heterocycles. The summed E-state index contributed by atoms with van der Waals surface area (Å²) in [4.78, 5) is 15.6. The van der Waals surface area contributed by atoms with Gasteiger partial charge < -0.3 is 4.90 Å². The lowest BCUT2D eigenvalue weighted by Crippen LogP contribution is -2.44. The van der Waals surface area contributed by atoms with Crippen molar-refractivity contribution in [2.24, 2.45) is 5.92 Å². The number of rotatable bonds is 7. The van der Waals surface area contributed by atoms with E-state index in [2.05, 4.69) is 38.1 Å². The van der Waals surface area contributed by atoms with Crippen molar-refractivity contribution in [1.82, 2.24) is 9.21 Å². The maximum Gasteiger partial charge on any atom is 0.243 e. The van der Waals surface area contributed by atoms with Crippen LogP contribution in [0.3, 0.4) is 0 Å². The Balaban J connectivity index is 1.39. The van der Waals surface area contributed by atoms with Gasteiger partial charge in [-0.2, -0.15) is 4.31 Å². The third kappa shape index (κ3) is 5.19. The molecule has 2 fully saturated rings. The maximum absolute atomic E-state index is 13.4. The lowest BCUT2D eigenvalue weighted by atomic mass is 9.96. The largest absolute Gasteiger partial charge is 0.335 e. The molecule has 2 aromatic carbocycles. The third-order valence-electron chi connectivity index (χ3n) is 6.52. The van der Waals surface area contributed by atoms with Crippen LogP contribution in [-0.4, -0.2) is 42.7 Å². The predicted octanol–water partition coefficient (Wildman–Crippen LogP) is 5.06. The monoisotopic (exact) mass is 474 g/mol. The zero-order chi connectivity index (χ0) is 22.9. The second-order valence-electron chi connectivity index (χ2n) is 9.23. The first kappa shape index (κ1) is 23.3. The van der Waals surface area contributed by atoms with E-state index in [0.29, 0.717) is 49.5 Å². The van der Waals surface area contributed by atoms with Gasteiger partial charge in [0.05, 0.1) is 4.90 Å². The Morgan fingerprint density at radius 2 is 1.59 bits per heavy atom. The van der Waals surface area contributed by atoms with Gasteiger partial charge in [-0.25, -0.2) is 8.42 Å². The molecule has 0 spiro atoms. The second-order valence-corrected chi connectivity index (χ2v) is 11.6. The minimum Gasteiger partial charge on any atom is -0.335 e. The van der Waals surface area contributed by atoms with Crippen molar-refractivity contribution in [2.45, 2.75) is 62.9 Å². The van der Waals surface area contributed by atoms with Gasteiger partial charge in [0.2, 0.25) is 15.9 Å². The number of hydrogen-bond acceptors (Lipinski definition) is 3. The number of benzene rings is 2. The molecule has 2 aromatic rings. The van der Waals surface area contributed by atoms with E-state index in [4.69, 9.17) is 11.6 Å². The van der Waals surface area contributed by atoms with E-state index in [-0.39, 0.29) is 16.7 Å². The summed E-state index contributed by atoms with van der Waals surface area (Å²) in [5, 5.41) is 0.507. The molecule has 0 bridgehead atoms. The molecule has 0 radical (unpaired) electrons. The number of amides is 1. The molecule has 1 heterocycles. The summed E-state index contributed by atoms with van der Waals surface area (Å²) in [6.07, 6.45) is 3.22. The zero-order valence-electron chi connectivity index (χ0n) is 18.7. The molecule has 1 aliphatic carbocycles. The Morgan fingerprint density at radius 1 is 1.00 bits per heavy atom. The van der Waals surface area contributed by atoms with Crippen molar-refractivity contribution >= 4 is 27.5 Å². The first-order valence-electron chi connectivity index (χ1n) is 11.4. The standard InChI is InChI=1S/C25H31ClN2O3S/c1-18(2)20-5-3-19(4-6-20)17-28(23-9-10-23)25(29)21-13-15-27(16-14-21)32(30,31)24-11-7-22(26)8-12-24/h3-8,11-12,18,21,23H,9-10,13-17H2,1-2H3. The van der Waals surface area contributed by atoms with Crippen molar-refractivity contribution in [3.63, 3.8) is 0 Å². The van der Waals surface area contributed by atoms with Crippen molar-refractivity contribution in [3.05, 3.63) is 64.7 Å². The number of halogens is 1. The smallest absolute Gasteiger partial charge is 0.243 e. The highest BCUT2D eigenvalue weighted by Gasteiger charge is 2.38. The summed E-state index contributed by atoms with van der Waals surface area (Å²) in [6.45, 7) is 5.71. The summed E-state index contributed by atoms with van der Waals surface area (Å²) in [6, 6.07) is 15.1. The molecule has 7 heteroatoms. The Hall–Kier alpha value is -1.89. The first-order valence-corrected chi connectivity index (χ1v) is 13.2. The number of carbonyl (C=O) groups is 1. The van der Waals surface area contributed by atoms with Crippen LogP contribution in [0.2, 0.25) is 5.02 Å². The van der Waals surface area contributed by atoms with Crippen molar-refractivity contribution in [2.75, 3.05) is 13.1 Å². The van der Waals surface area contributed by atoms with Gasteiger partial charge in [-0.15, -0.1) is 0 Å². The van der Waals surface area contributed by atoms with Crippen LogP contribution in [0, 0.1) is 5.92 Å².